The third-order valence-corrected chi connectivity index (χ3v) is 5.82. The number of hydrogen-bond acceptors (Lipinski definition) is 7. The van der Waals surface area contributed by atoms with Crippen LogP contribution in [0.3, 0.4) is 0 Å². The van der Waals surface area contributed by atoms with Gasteiger partial charge in [-0.2, -0.15) is 0 Å². The molecule has 11 heteroatoms. The van der Waals surface area contributed by atoms with E-state index in [2.05, 4.69) is 31.9 Å². The van der Waals surface area contributed by atoms with E-state index in [1.54, 1.807) is 13.0 Å². The molecule has 0 aliphatic carbocycles. The second kappa shape index (κ2) is 10.5. The average Bonchev–Trinajstić information content (AvgIpc) is 3.37. The number of amides is 3. The van der Waals surface area contributed by atoms with Crippen LogP contribution in [0, 0.1) is 12.3 Å². The maximum atomic E-state index is 12.9. The summed E-state index contributed by atoms with van der Waals surface area (Å²) >= 11 is 9.80. The van der Waals surface area contributed by atoms with Gasteiger partial charge in [-0.05, 0) is 52.7 Å². The predicted octanol–water partition coefficient (Wildman–Crippen LogP) is 3.99. The Labute approximate surface area is 202 Å². The van der Waals surface area contributed by atoms with Gasteiger partial charge in [0.1, 0.15) is 23.1 Å². The number of terminal acetylenes is 1. The van der Waals surface area contributed by atoms with Crippen LogP contribution in [0.5, 0.6) is 11.5 Å². The molecule has 9 nitrogen and oxygen atoms in total. The average molecular weight is 538 g/mol. The van der Waals surface area contributed by atoms with Crippen molar-refractivity contribution in [2.24, 2.45) is 0 Å². The van der Waals surface area contributed by atoms with Crippen molar-refractivity contribution < 1.29 is 33.0 Å². The van der Waals surface area contributed by atoms with Crippen molar-refractivity contribution in [2.45, 2.75) is 13.5 Å². The Kier molecular flexibility index (Phi) is 7.68. The Hall–Kier alpha value is -3.42. The third-order valence-electron chi connectivity index (χ3n) is 4.38. The number of esters is 1. The predicted molar refractivity (Wildman–Crippen MR) is 122 cm³/mol. The van der Waals surface area contributed by atoms with Crippen LogP contribution < -0.4 is 14.8 Å². The van der Waals surface area contributed by atoms with Gasteiger partial charge in [0.05, 0.1) is 20.3 Å². The summed E-state index contributed by atoms with van der Waals surface area (Å²) in [6.07, 6.45) is 6.71. The molecule has 0 spiro atoms. The first kappa shape index (κ1) is 24.2. The Morgan fingerprint density at radius 1 is 1.36 bits per heavy atom. The Morgan fingerprint density at radius 2 is 2.12 bits per heavy atom. The quantitative estimate of drug-likeness (QED) is 0.235. The number of nitrogens with one attached hydrogen (secondary N) is 1. The van der Waals surface area contributed by atoms with Gasteiger partial charge in [0.15, 0.2) is 11.5 Å². The minimum absolute atomic E-state index is 0.0104. The zero-order chi connectivity index (χ0) is 24.1. The number of carbonyl (C=O) groups is 3. The van der Waals surface area contributed by atoms with E-state index in [1.165, 1.54) is 25.3 Å². The number of rotatable bonds is 8. The number of furan rings is 1. The highest BCUT2D eigenvalue weighted by Gasteiger charge is 2.34. The molecule has 0 radical (unpaired) electrons. The number of nitrogens with zero attached hydrogens (tertiary/aromatic N) is 1. The van der Waals surface area contributed by atoms with Crippen molar-refractivity contribution in [3.8, 4) is 23.8 Å². The Bertz CT molecular complexity index is 1180. The van der Waals surface area contributed by atoms with Gasteiger partial charge >= 0.3 is 12.0 Å². The minimum Gasteiger partial charge on any atom is -0.490 e. The van der Waals surface area contributed by atoms with Crippen LogP contribution in [-0.4, -0.2) is 43.1 Å². The van der Waals surface area contributed by atoms with Crippen molar-refractivity contribution in [1.29, 1.82) is 0 Å². The highest BCUT2D eigenvalue weighted by atomic mass is 79.9. The smallest absolute Gasteiger partial charge is 0.373 e. The summed E-state index contributed by atoms with van der Waals surface area (Å²) in [5.74, 6) is 1.88. The van der Waals surface area contributed by atoms with Gasteiger partial charge in [-0.25, -0.2) is 9.59 Å². The number of halogens is 2. The molecule has 2 heterocycles. The van der Waals surface area contributed by atoms with Crippen LogP contribution >= 0.6 is 27.5 Å². The molecule has 1 saturated heterocycles. The third kappa shape index (κ3) is 5.16. The molecule has 0 unspecified atom stereocenters. The fraction of sp³-hybridized carbons (Fsp3) is 0.227. The van der Waals surface area contributed by atoms with Crippen LogP contribution in [-0.2, 0) is 16.1 Å². The standard InChI is InChI=1S/C22H18BrClN2O7/c1-4-8-32-19-16(31-5-2)10-12(17(23)18(19)24)9-14-20(27)26(22(29)25-14)11-13-6-7-15(33-13)21(28)30-3/h1,6-7,9-10H,5,8,11H2,2-3H3,(H,25,29)/b14-9-. The van der Waals surface area contributed by atoms with Crippen molar-refractivity contribution in [3.05, 3.63) is 50.5 Å². The van der Waals surface area contributed by atoms with Crippen molar-refractivity contribution in [3.63, 3.8) is 0 Å². The molecule has 1 aliphatic rings. The molecule has 3 amide bonds. The SMILES string of the molecule is C#CCOc1c(OCC)cc(/C=C2\NC(=O)N(Cc3ccc(C(=O)OC)o3)C2=O)c(Br)c1Cl. The van der Waals surface area contributed by atoms with Crippen molar-refractivity contribution in [2.75, 3.05) is 20.3 Å². The summed E-state index contributed by atoms with van der Waals surface area (Å²) in [5.41, 5.74) is 0.476. The highest BCUT2D eigenvalue weighted by molar-refractivity contribution is 9.10. The monoisotopic (exact) mass is 536 g/mol. The number of urea groups is 1. The Balaban J connectivity index is 1.88. The molecule has 1 fully saturated rings. The van der Waals surface area contributed by atoms with Crippen molar-refractivity contribution in [1.82, 2.24) is 10.2 Å². The zero-order valence-corrected chi connectivity index (χ0v) is 19.9. The van der Waals surface area contributed by atoms with Gasteiger partial charge < -0.3 is 23.9 Å². The second-order valence-corrected chi connectivity index (χ2v) is 7.65. The van der Waals surface area contributed by atoms with Gasteiger partial charge in [-0.3, -0.25) is 9.69 Å². The topological polar surface area (TPSA) is 107 Å². The second-order valence-electron chi connectivity index (χ2n) is 6.48. The number of methoxy groups -OCH3 is 1. The van der Waals surface area contributed by atoms with E-state index < -0.39 is 17.9 Å². The van der Waals surface area contributed by atoms with Crippen LogP contribution in [0.15, 0.2) is 32.8 Å². The molecule has 0 bridgehead atoms. The van der Waals surface area contributed by atoms with Crippen LogP contribution in [0.4, 0.5) is 4.79 Å². The number of imide groups is 1. The number of hydrogen-bond donors (Lipinski definition) is 1. The molecule has 33 heavy (non-hydrogen) atoms. The van der Waals surface area contributed by atoms with E-state index in [0.717, 1.165) is 4.90 Å². The molecule has 0 saturated carbocycles. The molecular weight excluding hydrogens is 520 g/mol. The number of ether oxygens (including phenoxy) is 3. The maximum Gasteiger partial charge on any atom is 0.373 e. The lowest BCUT2D eigenvalue weighted by molar-refractivity contribution is -0.123. The van der Waals surface area contributed by atoms with Gasteiger partial charge in [-0.1, -0.05) is 17.5 Å². The first-order valence-corrected chi connectivity index (χ1v) is 10.7. The molecule has 0 atom stereocenters. The van der Waals surface area contributed by atoms with E-state index in [9.17, 15) is 14.4 Å². The van der Waals surface area contributed by atoms with E-state index in [4.69, 9.17) is 31.9 Å². The van der Waals surface area contributed by atoms with E-state index in [0.29, 0.717) is 22.4 Å². The van der Waals surface area contributed by atoms with Crippen LogP contribution in [0.1, 0.15) is 28.8 Å². The molecule has 2 aromatic rings. The summed E-state index contributed by atoms with van der Waals surface area (Å²) in [5, 5.41) is 2.71. The summed E-state index contributed by atoms with van der Waals surface area (Å²) in [6, 6.07) is 3.83. The van der Waals surface area contributed by atoms with Gasteiger partial charge in [0.25, 0.3) is 5.91 Å². The van der Waals surface area contributed by atoms with Gasteiger partial charge in [0, 0.05) is 4.47 Å². The lowest BCUT2D eigenvalue weighted by Crippen LogP contribution is -2.30. The van der Waals surface area contributed by atoms with E-state index >= 15 is 0 Å². The first-order chi connectivity index (χ1) is 15.8. The summed E-state index contributed by atoms with van der Waals surface area (Å²) in [4.78, 5) is 37.7. The first-order valence-electron chi connectivity index (χ1n) is 9.53. The van der Waals surface area contributed by atoms with E-state index in [1.807, 2.05) is 0 Å². The largest absolute Gasteiger partial charge is 0.490 e. The fourth-order valence-electron chi connectivity index (χ4n) is 2.92. The molecule has 1 aromatic carbocycles. The molecule has 1 N–H and O–H groups in total. The highest BCUT2D eigenvalue weighted by Crippen LogP contribution is 2.43. The summed E-state index contributed by atoms with van der Waals surface area (Å²) in [6.45, 7) is 1.93. The number of benzene rings is 1. The van der Waals surface area contributed by atoms with Gasteiger partial charge in [0.2, 0.25) is 5.76 Å². The minimum atomic E-state index is -0.666. The molecule has 1 aromatic heterocycles. The van der Waals surface area contributed by atoms with Gasteiger partial charge in [-0.15, -0.1) is 6.42 Å². The molecule has 3 rings (SSSR count). The number of carbonyl (C=O) groups excluding carboxylic acids is 3. The van der Waals surface area contributed by atoms with Crippen molar-refractivity contribution >= 4 is 51.5 Å². The molecule has 1 aliphatic heterocycles. The maximum absolute atomic E-state index is 12.9. The van der Waals surface area contributed by atoms with E-state index in [-0.39, 0.29) is 41.1 Å². The normalized spacial score (nSPS) is 14.3. The van der Waals surface area contributed by atoms with Crippen LogP contribution in [0.25, 0.3) is 6.08 Å². The fourth-order valence-corrected chi connectivity index (χ4v) is 3.59. The lowest BCUT2D eigenvalue weighted by atomic mass is 10.1. The lowest BCUT2D eigenvalue weighted by Gasteiger charge is -2.15. The molecular formula is C22H18BrClN2O7. The summed E-state index contributed by atoms with van der Waals surface area (Å²) < 4.78 is 21.4. The zero-order valence-electron chi connectivity index (χ0n) is 17.6. The van der Waals surface area contributed by atoms with Crippen LogP contribution in [0.2, 0.25) is 5.02 Å². The summed E-state index contributed by atoms with van der Waals surface area (Å²) in [7, 11) is 1.22. The molecule has 172 valence electrons. The Morgan fingerprint density at radius 3 is 2.79 bits per heavy atom.